The summed E-state index contributed by atoms with van der Waals surface area (Å²) in [6.07, 6.45) is 1.26. The van der Waals surface area contributed by atoms with Gasteiger partial charge in [-0.05, 0) is 35.4 Å². The summed E-state index contributed by atoms with van der Waals surface area (Å²) in [5.41, 5.74) is 1.72. The molecule has 0 aromatic heterocycles. The van der Waals surface area contributed by atoms with Gasteiger partial charge in [-0.2, -0.15) is 0 Å². The molecule has 2 rings (SSSR count). The lowest BCUT2D eigenvalue weighted by atomic mass is 10.1. The quantitative estimate of drug-likeness (QED) is 0.648. The third-order valence-electron chi connectivity index (χ3n) is 2.65. The van der Waals surface area contributed by atoms with E-state index in [1.54, 1.807) is 11.8 Å². The first kappa shape index (κ1) is 14.7. The summed E-state index contributed by atoms with van der Waals surface area (Å²) in [7, 11) is 0. The van der Waals surface area contributed by atoms with Gasteiger partial charge >= 0.3 is 5.97 Å². The van der Waals surface area contributed by atoms with Crippen LogP contribution in [-0.2, 0) is 4.79 Å². The maximum atomic E-state index is 10.9. The van der Waals surface area contributed by atoms with Gasteiger partial charge in [0.2, 0.25) is 0 Å². The van der Waals surface area contributed by atoms with Gasteiger partial charge in [-0.3, -0.25) is 0 Å². The molecule has 1 N–H and O–H groups in total. The second-order valence-corrected chi connectivity index (χ2v) is 5.60. The summed E-state index contributed by atoms with van der Waals surface area (Å²) in [5.74, 6) is -0.335. The van der Waals surface area contributed by atoms with Crippen LogP contribution in [0.2, 0.25) is 5.02 Å². The number of carbonyl (C=O) groups is 1. The van der Waals surface area contributed by atoms with Gasteiger partial charge in [-0.1, -0.05) is 41.9 Å². The highest BCUT2D eigenvalue weighted by Crippen LogP contribution is 2.26. The Kier molecular flexibility index (Phi) is 5.27. The van der Waals surface area contributed by atoms with Gasteiger partial charge in [0, 0.05) is 21.7 Å². The third-order valence-corrected chi connectivity index (χ3v) is 3.96. The fraction of sp³-hybridized carbons (Fsp3) is 0.0625. The molecule has 0 amide bonds. The maximum absolute atomic E-state index is 10.9. The van der Waals surface area contributed by atoms with Crippen LogP contribution in [0.3, 0.4) is 0 Å². The highest BCUT2D eigenvalue weighted by Gasteiger charge is 2.05. The van der Waals surface area contributed by atoms with Crippen molar-refractivity contribution in [3.05, 3.63) is 71.3 Å². The molecule has 0 aliphatic carbocycles. The highest BCUT2D eigenvalue weighted by atomic mass is 35.5. The minimum absolute atomic E-state index is 0.595. The van der Waals surface area contributed by atoms with E-state index >= 15 is 0 Å². The molecule has 2 nitrogen and oxygen atoms in total. The van der Waals surface area contributed by atoms with Crippen molar-refractivity contribution < 1.29 is 9.90 Å². The number of hydrogen-bond donors (Lipinski definition) is 1. The molecule has 0 radical (unpaired) electrons. The van der Waals surface area contributed by atoms with E-state index in [4.69, 9.17) is 16.7 Å². The van der Waals surface area contributed by atoms with E-state index in [1.807, 2.05) is 54.6 Å². The molecular formula is C16H13ClO2S. The molecule has 0 saturated heterocycles. The Morgan fingerprint density at radius 3 is 2.35 bits per heavy atom. The predicted octanol–water partition coefficient (Wildman–Crippen LogP) is 4.60. The molecule has 0 saturated carbocycles. The number of halogens is 1. The third kappa shape index (κ3) is 4.44. The molecule has 0 heterocycles. The van der Waals surface area contributed by atoms with E-state index in [1.165, 1.54) is 6.08 Å². The lowest BCUT2D eigenvalue weighted by Gasteiger charge is -2.07. The number of carboxylic acid groups (broad SMARTS) is 1. The molecule has 0 aliphatic heterocycles. The van der Waals surface area contributed by atoms with Gasteiger partial charge in [-0.15, -0.1) is 11.8 Å². The van der Waals surface area contributed by atoms with Gasteiger partial charge in [0.15, 0.2) is 0 Å². The summed E-state index contributed by atoms with van der Waals surface area (Å²) >= 11 is 7.42. The number of aliphatic carboxylic acids is 1. The Balaban J connectivity index is 2.13. The van der Waals surface area contributed by atoms with Crippen LogP contribution in [0.1, 0.15) is 5.56 Å². The SMILES string of the molecule is O=C(O)C=C(CSc1ccc(Cl)cc1)c1ccccc1. The zero-order valence-corrected chi connectivity index (χ0v) is 12.2. The Bertz CT molecular complexity index is 606. The van der Waals surface area contributed by atoms with Crippen LogP contribution in [0.5, 0.6) is 0 Å². The van der Waals surface area contributed by atoms with Crippen molar-refractivity contribution in [3.63, 3.8) is 0 Å². The second-order valence-electron chi connectivity index (χ2n) is 4.12. The van der Waals surface area contributed by atoms with Gasteiger partial charge in [-0.25, -0.2) is 4.79 Å². The average molecular weight is 305 g/mol. The van der Waals surface area contributed by atoms with E-state index in [0.29, 0.717) is 10.8 Å². The smallest absolute Gasteiger partial charge is 0.328 e. The molecule has 2 aromatic rings. The van der Waals surface area contributed by atoms with Crippen LogP contribution in [0.25, 0.3) is 5.57 Å². The van der Waals surface area contributed by atoms with Crippen LogP contribution in [0.15, 0.2) is 65.6 Å². The lowest BCUT2D eigenvalue weighted by molar-refractivity contribution is -0.131. The molecule has 102 valence electrons. The average Bonchev–Trinajstić information content (AvgIpc) is 2.46. The van der Waals surface area contributed by atoms with E-state index in [0.717, 1.165) is 16.0 Å². The summed E-state index contributed by atoms with van der Waals surface area (Å²) < 4.78 is 0. The number of carboxylic acids is 1. The summed E-state index contributed by atoms with van der Waals surface area (Å²) in [5, 5.41) is 9.67. The van der Waals surface area contributed by atoms with E-state index in [-0.39, 0.29) is 0 Å². The highest BCUT2D eigenvalue weighted by molar-refractivity contribution is 7.99. The van der Waals surface area contributed by atoms with Crippen LogP contribution < -0.4 is 0 Å². The predicted molar refractivity (Wildman–Crippen MR) is 84.2 cm³/mol. The Morgan fingerprint density at radius 1 is 1.10 bits per heavy atom. The van der Waals surface area contributed by atoms with Crippen molar-refractivity contribution >= 4 is 34.9 Å². The van der Waals surface area contributed by atoms with Crippen molar-refractivity contribution in [2.24, 2.45) is 0 Å². The molecular weight excluding hydrogens is 292 g/mol. The number of hydrogen-bond acceptors (Lipinski definition) is 2. The number of rotatable bonds is 5. The summed E-state index contributed by atoms with van der Waals surface area (Å²) in [6.45, 7) is 0. The van der Waals surface area contributed by atoms with Crippen molar-refractivity contribution in [1.29, 1.82) is 0 Å². The lowest BCUT2D eigenvalue weighted by Crippen LogP contribution is -1.95. The van der Waals surface area contributed by atoms with E-state index in [9.17, 15) is 4.79 Å². The molecule has 0 atom stereocenters. The molecule has 0 bridgehead atoms. The van der Waals surface area contributed by atoms with Gasteiger partial charge < -0.3 is 5.11 Å². The monoisotopic (exact) mass is 304 g/mol. The first-order valence-corrected chi connectivity index (χ1v) is 7.39. The molecule has 0 fully saturated rings. The number of benzene rings is 2. The van der Waals surface area contributed by atoms with Crippen molar-refractivity contribution in [1.82, 2.24) is 0 Å². The van der Waals surface area contributed by atoms with Crippen LogP contribution in [-0.4, -0.2) is 16.8 Å². The molecule has 20 heavy (non-hydrogen) atoms. The first-order chi connectivity index (χ1) is 9.65. The van der Waals surface area contributed by atoms with Crippen LogP contribution in [0, 0.1) is 0 Å². The minimum Gasteiger partial charge on any atom is -0.478 e. The molecule has 0 aliphatic rings. The second kappa shape index (κ2) is 7.17. The fourth-order valence-electron chi connectivity index (χ4n) is 1.70. The summed E-state index contributed by atoms with van der Waals surface area (Å²) in [4.78, 5) is 12.0. The standard InChI is InChI=1S/C16H13ClO2S/c17-14-6-8-15(9-7-14)20-11-13(10-16(18)19)12-4-2-1-3-5-12/h1-10H,11H2,(H,18,19). The van der Waals surface area contributed by atoms with Gasteiger partial charge in [0.05, 0.1) is 0 Å². The molecule has 0 unspecified atom stereocenters. The Morgan fingerprint density at radius 2 is 1.75 bits per heavy atom. The molecule has 4 heteroatoms. The van der Waals surface area contributed by atoms with Crippen molar-refractivity contribution in [2.45, 2.75) is 4.90 Å². The minimum atomic E-state index is -0.930. The van der Waals surface area contributed by atoms with E-state index < -0.39 is 5.97 Å². The van der Waals surface area contributed by atoms with Gasteiger partial charge in [0.25, 0.3) is 0 Å². The van der Waals surface area contributed by atoms with Crippen molar-refractivity contribution in [3.8, 4) is 0 Å². The van der Waals surface area contributed by atoms with Crippen LogP contribution in [0.4, 0.5) is 0 Å². The molecule has 0 spiro atoms. The fourth-order valence-corrected chi connectivity index (χ4v) is 2.73. The van der Waals surface area contributed by atoms with E-state index in [2.05, 4.69) is 0 Å². The zero-order valence-electron chi connectivity index (χ0n) is 10.6. The Hall–Kier alpha value is -1.71. The van der Waals surface area contributed by atoms with Crippen molar-refractivity contribution in [2.75, 3.05) is 5.75 Å². The zero-order chi connectivity index (χ0) is 14.4. The first-order valence-electron chi connectivity index (χ1n) is 6.02. The largest absolute Gasteiger partial charge is 0.478 e. The van der Waals surface area contributed by atoms with Crippen LogP contribution >= 0.6 is 23.4 Å². The molecule has 2 aromatic carbocycles. The topological polar surface area (TPSA) is 37.3 Å². The normalized spacial score (nSPS) is 11.3. The number of thioether (sulfide) groups is 1. The van der Waals surface area contributed by atoms with Gasteiger partial charge in [0.1, 0.15) is 0 Å². The summed E-state index contributed by atoms with van der Waals surface area (Å²) in [6, 6.07) is 17.0. The maximum Gasteiger partial charge on any atom is 0.328 e. The Labute approximate surface area is 127 Å².